The van der Waals surface area contributed by atoms with E-state index in [2.05, 4.69) is 47.7 Å². The Morgan fingerprint density at radius 3 is 2.71 bits per heavy atom. The molecule has 0 saturated carbocycles. The number of nitrogens with zero attached hydrogens (tertiary/aromatic N) is 2. The first-order valence-corrected chi connectivity index (χ1v) is 10.2. The second-order valence-electron chi connectivity index (χ2n) is 8.17. The minimum absolute atomic E-state index is 0.0897. The lowest BCUT2D eigenvalue weighted by molar-refractivity contribution is -0.122. The third-order valence-corrected chi connectivity index (χ3v) is 5.74. The lowest BCUT2D eigenvalue weighted by Gasteiger charge is -2.28. The Morgan fingerprint density at radius 1 is 1.25 bits per heavy atom. The zero-order chi connectivity index (χ0) is 20.3. The van der Waals surface area contributed by atoms with Gasteiger partial charge in [-0.25, -0.2) is 0 Å². The van der Waals surface area contributed by atoms with E-state index in [4.69, 9.17) is 0 Å². The number of para-hydroxylation sites is 1. The van der Waals surface area contributed by atoms with Gasteiger partial charge in [0.1, 0.15) is 5.25 Å². The van der Waals surface area contributed by atoms with Gasteiger partial charge in [-0.15, -0.1) is 5.10 Å². The van der Waals surface area contributed by atoms with Crippen molar-refractivity contribution in [1.82, 2.24) is 5.32 Å². The van der Waals surface area contributed by atoms with E-state index in [0.717, 1.165) is 29.8 Å². The summed E-state index contributed by atoms with van der Waals surface area (Å²) in [5.41, 5.74) is 4.11. The molecule has 1 heterocycles. The maximum atomic E-state index is 12.3. The Hall–Kier alpha value is -2.41. The molecule has 2 aliphatic rings. The Kier molecular flexibility index (Phi) is 6.03. The van der Waals surface area contributed by atoms with Crippen LogP contribution >= 0.6 is 11.8 Å². The molecule has 1 aliphatic carbocycles. The van der Waals surface area contributed by atoms with Crippen molar-refractivity contribution in [2.45, 2.75) is 52.2 Å². The van der Waals surface area contributed by atoms with Crippen molar-refractivity contribution >= 4 is 40.1 Å². The largest absolute Gasteiger partial charge is 0.326 e. The normalized spacial score (nSPS) is 24.2. The number of carbonyl (C=O) groups is 2. The number of aryl methyl sites for hydroxylation is 1. The van der Waals surface area contributed by atoms with Gasteiger partial charge in [0.2, 0.25) is 11.8 Å². The quantitative estimate of drug-likeness (QED) is 0.751. The average Bonchev–Trinajstić information content (AvgIpc) is 2.93. The summed E-state index contributed by atoms with van der Waals surface area (Å²) in [6, 6.07) is 7.56. The fourth-order valence-electron chi connectivity index (χ4n) is 3.54. The molecule has 7 heteroatoms. The highest BCUT2D eigenvalue weighted by molar-refractivity contribution is 8.15. The maximum absolute atomic E-state index is 12.3. The lowest BCUT2D eigenvalue weighted by atomic mass is 9.77. The zero-order valence-corrected chi connectivity index (χ0v) is 17.5. The van der Waals surface area contributed by atoms with E-state index in [9.17, 15) is 9.59 Å². The molecule has 1 atom stereocenters. The number of benzene rings is 1. The van der Waals surface area contributed by atoms with Gasteiger partial charge in [0.05, 0.1) is 5.71 Å². The number of allylic oxidation sites excluding steroid dienone is 2. The van der Waals surface area contributed by atoms with E-state index in [1.807, 2.05) is 31.2 Å². The Morgan fingerprint density at radius 2 is 2.00 bits per heavy atom. The molecule has 0 radical (unpaired) electrons. The minimum atomic E-state index is -0.497. The second-order valence-corrected chi connectivity index (χ2v) is 9.36. The van der Waals surface area contributed by atoms with Gasteiger partial charge in [-0.05, 0) is 49.8 Å². The Bertz CT molecular complexity index is 886. The van der Waals surface area contributed by atoms with Crippen molar-refractivity contribution in [1.29, 1.82) is 0 Å². The molecular formula is C21H26N4O2S. The summed E-state index contributed by atoms with van der Waals surface area (Å²) < 4.78 is 0. The third kappa shape index (κ3) is 5.32. The standard InChI is InChI=1S/C21H26N4O2S/c1-13-9-15(12-21(3,4)11-13)24-25-20-23-19(27)17(28-20)10-18(26)22-16-8-6-5-7-14(16)2/h5-9,17H,10-12H2,1-4H3,(H,22,26)(H,23,25,27). The van der Waals surface area contributed by atoms with Crippen LogP contribution in [0.15, 0.2) is 46.1 Å². The van der Waals surface area contributed by atoms with E-state index in [-0.39, 0.29) is 23.7 Å². The Labute approximate surface area is 170 Å². The first-order valence-electron chi connectivity index (χ1n) is 9.36. The first kappa shape index (κ1) is 20.3. The molecule has 0 aromatic heterocycles. The molecule has 3 rings (SSSR count). The van der Waals surface area contributed by atoms with Crippen molar-refractivity contribution in [2.24, 2.45) is 15.6 Å². The highest BCUT2D eigenvalue weighted by Crippen LogP contribution is 2.34. The fraction of sp³-hybridized carbons (Fsp3) is 0.429. The summed E-state index contributed by atoms with van der Waals surface area (Å²) in [4.78, 5) is 24.5. The second kappa shape index (κ2) is 8.31. The van der Waals surface area contributed by atoms with Crippen LogP contribution in [0.5, 0.6) is 0 Å². The molecule has 2 amide bonds. The van der Waals surface area contributed by atoms with Crippen molar-refractivity contribution in [3.05, 3.63) is 41.5 Å². The number of thioether (sulfide) groups is 1. The molecule has 1 aliphatic heterocycles. The molecule has 1 saturated heterocycles. The Balaban J connectivity index is 1.61. The van der Waals surface area contributed by atoms with Crippen molar-refractivity contribution in [3.63, 3.8) is 0 Å². The number of anilines is 1. The molecule has 0 spiro atoms. The van der Waals surface area contributed by atoms with E-state index < -0.39 is 5.25 Å². The third-order valence-electron chi connectivity index (χ3n) is 4.67. The number of carbonyl (C=O) groups excluding carboxylic acids is 2. The summed E-state index contributed by atoms with van der Waals surface area (Å²) >= 11 is 1.25. The SMILES string of the molecule is CC1=CC(=NN=C2NC(=O)C(CC(=O)Nc3ccccc3C)S2)CC(C)(C)C1. The number of amides is 2. The van der Waals surface area contributed by atoms with Gasteiger partial charge in [0, 0.05) is 12.1 Å². The summed E-state index contributed by atoms with van der Waals surface area (Å²) in [5.74, 6) is -0.401. The van der Waals surface area contributed by atoms with Crippen LogP contribution in [0.2, 0.25) is 0 Å². The van der Waals surface area contributed by atoms with Crippen LogP contribution < -0.4 is 10.6 Å². The number of hydrogen-bond donors (Lipinski definition) is 2. The van der Waals surface area contributed by atoms with Gasteiger partial charge < -0.3 is 10.6 Å². The molecule has 0 bridgehead atoms. The summed E-state index contributed by atoms with van der Waals surface area (Å²) in [7, 11) is 0. The molecular weight excluding hydrogens is 372 g/mol. The highest BCUT2D eigenvalue weighted by atomic mass is 32.2. The maximum Gasteiger partial charge on any atom is 0.240 e. The van der Waals surface area contributed by atoms with Crippen LogP contribution in [0.1, 0.15) is 45.6 Å². The highest BCUT2D eigenvalue weighted by Gasteiger charge is 2.32. The molecule has 1 aromatic rings. The van der Waals surface area contributed by atoms with E-state index in [1.165, 1.54) is 17.3 Å². The van der Waals surface area contributed by atoms with Gasteiger partial charge in [-0.1, -0.05) is 49.4 Å². The number of hydrogen-bond acceptors (Lipinski definition) is 5. The van der Waals surface area contributed by atoms with E-state index in [1.54, 1.807) is 0 Å². The van der Waals surface area contributed by atoms with Crippen molar-refractivity contribution in [3.8, 4) is 0 Å². The van der Waals surface area contributed by atoms with Crippen LogP contribution in [-0.4, -0.2) is 27.9 Å². The van der Waals surface area contributed by atoms with Crippen LogP contribution in [0.25, 0.3) is 0 Å². The van der Waals surface area contributed by atoms with Crippen molar-refractivity contribution in [2.75, 3.05) is 5.32 Å². The van der Waals surface area contributed by atoms with Crippen LogP contribution in [0, 0.1) is 12.3 Å². The summed E-state index contributed by atoms with van der Waals surface area (Å²) in [5, 5.41) is 14.1. The van der Waals surface area contributed by atoms with Gasteiger partial charge in [0.25, 0.3) is 0 Å². The van der Waals surface area contributed by atoms with Crippen LogP contribution in [0.3, 0.4) is 0 Å². The number of nitrogens with one attached hydrogen (secondary N) is 2. The van der Waals surface area contributed by atoms with Crippen molar-refractivity contribution < 1.29 is 9.59 Å². The topological polar surface area (TPSA) is 82.9 Å². The van der Waals surface area contributed by atoms with Gasteiger partial charge in [-0.2, -0.15) is 5.10 Å². The average molecular weight is 399 g/mol. The predicted molar refractivity (Wildman–Crippen MR) is 116 cm³/mol. The molecule has 1 aromatic carbocycles. The number of amidine groups is 1. The molecule has 1 fully saturated rings. The zero-order valence-electron chi connectivity index (χ0n) is 16.7. The molecule has 2 N–H and O–H groups in total. The minimum Gasteiger partial charge on any atom is -0.326 e. The predicted octanol–water partition coefficient (Wildman–Crippen LogP) is 4.03. The monoisotopic (exact) mass is 398 g/mol. The number of rotatable bonds is 4. The summed E-state index contributed by atoms with van der Waals surface area (Å²) in [6.45, 7) is 8.45. The smallest absolute Gasteiger partial charge is 0.240 e. The fourth-order valence-corrected chi connectivity index (χ4v) is 4.45. The van der Waals surface area contributed by atoms with Gasteiger partial charge in [-0.3, -0.25) is 9.59 Å². The van der Waals surface area contributed by atoms with Crippen LogP contribution in [0.4, 0.5) is 5.69 Å². The lowest BCUT2D eigenvalue weighted by Crippen LogP contribution is -2.28. The van der Waals surface area contributed by atoms with Gasteiger partial charge in [0.15, 0.2) is 5.17 Å². The molecule has 28 heavy (non-hydrogen) atoms. The molecule has 6 nitrogen and oxygen atoms in total. The first-order chi connectivity index (χ1) is 13.2. The summed E-state index contributed by atoms with van der Waals surface area (Å²) in [6.07, 6.45) is 4.05. The molecule has 1 unspecified atom stereocenters. The van der Waals surface area contributed by atoms with Gasteiger partial charge >= 0.3 is 0 Å². The van der Waals surface area contributed by atoms with E-state index >= 15 is 0 Å². The molecule has 148 valence electrons. The van der Waals surface area contributed by atoms with Crippen LogP contribution in [-0.2, 0) is 9.59 Å². The van der Waals surface area contributed by atoms with E-state index in [0.29, 0.717) is 5.17 Å².